The highest BCUT2D eigenvalue weighted by Gasteiger charge is 2.27. The molecule has 1 heterocycles. The van der Waals surface area contributed by atoms with E-state index >= 15 is 0 Å². The van der Waals surface area contributed by atoms with Crippen LogP contribution in [0.2, 0.25) is 5.02 Å². The van der Waals surface area contributed by atoms with Crippen LogP contribution in [0.15, 0.2) is 18.3 Å². The normalized spacial score (nSPS) is 22.1. The first kappa shape index (κ1) is 14.8. The van der Waals surface area contributed by atoms with Gasteiger partial charge in [-0.3, -0.25) is 9.59 Å². The average molecular weight is 297 g/mol. The molecular formula is C14H17ClN2O3. The second kappa shape index (κ2) is 6.70. The highest BCUT2D eigenvalue weighted by Crippen LogP contribution is 2.25. The minimum absolute atomic E-state index is 0.0400. The number of amides is 1. The number of ether oxygens (including phenoxy) is 1. The monoisotopic (exact) mass is 296 g/mol. The van der Waals surface area contributed by atoms with Gasteiger partial charge in [0.2, 0.25) is 0 Å². The van der Waals surface area contributed by atoms with Gasteiger partial charge < -0.3 is 10.1 Å². The maximum absolute atomic E-state index is 12.0. The van der Waals surface area contributed by atoms with Crippen molar-refractivity contribution >= 4 is 23.5 Å². The van der Waals surface area contributed by atoms with Gasteiger partial charge in [0.1, 0.15) is 5.69 Å². The molecule has 0 radical (unpaired) electrons. The molecule has 1 saturated carbocycles. The lowest BCUT2D eigenvalue weighted by atomic mass is 9.86. The molecule has 1 amide bonds. The van der Waals surface area contributed by atoms with Crippen molar-refractivity contribution in [3.05, 3.63) is 29.0 Å². The first-order chi connectivity index (χ1) is 9.60. The minimum atomic E-state index is -0.205. The zero-order chi connectivity index (χ0) is 14.5. The van der Waals surface area contributed by atoms with Crippen LogP contribution in [0.1, 0.15) is 36.2 Å². The molecule has 1 aliphatic rings. The Bertz CT molecular complexity index is 482. The molecule has 1 aliphatic carbocycles. The lowest BCUT2D eigenvalue weighted by Crippen LogP contribution is -2.39. The summed E-state index contributed by atoms with van der Waals surface area (Å²) < 4.78 is 4.74. The standard InChI is InChI=1S/C14H17ClN2O3/c1-20-14(19)9-2-5-11(6-3-9)17-13(18)12-7-4-10(15)8-16-12/h4,7-9,11H,2-3,5-6H2,1H3,(H,17,18). The number of carbonyl (C=O) groups is 2. The molecule has 0 spiro atoms. The van der Waals surface area contributed by atoms with E-state index < -0.39 is 0 Å². The van der Waals surface area contributed by atoms with E-state index in [1.54, 1.807) is 12.1 Å². The van der Waals surface area contributed by atoms with Gasteiger partial charge in [0, 0.05) is 12.2 Å². The molecule has 20 heavy (non-hydrogen) atoms. The van der Waals surface area contributed by atoms with Crippen molar-refractivity contribution in [1.82, 2.24) is 10.3 Å². The summed E-state index contributed by atoms with van der Waals surface area (Å²) in [4.78, 5) is 27.4. The summed E-state index contributed by atoms with van der Waals surface area (Å²) in [6.07, 6.45) is 4.49. The van der Waals surface area contributed by atoms with Crippen molar-refractivity contribution in [3.8, 4) is 0 Å². The molecule has 6 heteroatoms. The Morgan fingerprint density at radius 1 is 1.30 bits per heavy atom. The third-order valence-corrected chi connectivity index (χ3v) is 3.78. The van der Waals surface area contributed by atoms with Crippen molar-refractivity contribution in [3.63, 3.8) is 0 Å². The molecule has 0 aliphatic heterocycles. The summed E-state index contributed by atoms with van der Waals surface area (Å²) >= 11 is 5.73. The number of hydrogen-bond acceptors (Lipinski definition) is 4. The van der Waals surface area contributed by atoms with Gasteiger partial charge in [0.05, 0.1) is 18.1 Å². The third-order valence-electron chi connectivity index (χ3n) is 3.56. The second-order valence-electron chi connectivity index (χ2n) is 4.91. The molecule has 0 atom stereocenters. The van der Waals surface area contributed by atoms with Gasteiger partial charge in [0.15, 0.2) is 0 Å². The van der Waals surface area contributed by atoms with Gasteiger partial charge in [-0.05, 0) is 37.8 Å². The van der Waals surface area contributed by atoms with Crippen molar-refractivity contribution in [2.75, 3.05) is 7.11 Å². The van der Waals surface area contributed by atoms with Crippen molar-refractivity contribution in [2.45, 2.75) is 31.7 Å². The van der Waals surface area contributed by atoms with Crippen LogP contribution in [0.4, 0.5) is 0 Å². The van der Waals surface area contributed by atoms with E-state index in [0.29, 0.717) is 10.7 Å². The lowest BCUT2D eigenvalue weighted by molar-refractivity contribution is -0.146. The van der Waals surface area contributed by atoms with Crippen LogP contribution >= 0.6 is 11.6 Å². The second-order valence-corrected chi connectivity index (χ2v) is 5.34. The number of pyridine rings is 1. The minimum Gasteiger partial charge on any atom is -0.469 e. The molecule has 1 N–H and O–H groups in total. The van der Waals surface area contributed by atoms with Crippen molar-refractivity contribution in [2.24, 2.45) is 5.92 Å². The molecule has 0 bridgehead atoms. The molecule has 1 aromatic heterocycles. The van der Waals surface area contributed by atoms with Gasteiger partial charge in [-0.1, -0.05) is 11.6 Å². The lowest BCUT2D eigenvalue weighted by Gasteiger charge is -2.27. The van der Waals surface area contributed by atoms with Crippen LogP contribution in [0, 0.1) is 5.92 Å². The maximum Gasteiger partial charge on any atom is 0.308 e. The number of carbonyl (C=O) groups excluding carboxylic acids is 2. The van der Waals surface area contributed by atoms with E-state index in [1.807, 2.05) is 0 Å². The van der Waals surface area contributed by atoms with E-state index in [-0.39, 0.29) is 23.8 Å². The molecule has 0 saturated heterocycles. The molecule has 2 rings (SSSR count). The van der Waals surface area contributed by atoms with Gasteiger partial charge in [-0.15, -0.1) is 0 Å². The summed E-state index contributed by atoms with van der Waals surface area (Å²) in [6.45, 7) is 0. The van der Waals surface area contributed by atoms with E-state index in [9.17, 15) is 9.59 Å². The van der Waals surface area contributed by atoms with Crippen molar-refractivity contribution in [1.29, 1.82) is 0 Å². The van der Waals surface area contributed by atoms with Crippen LogP contribution < -0.4 is 5.32 Å². The summed E-state index contributed by atoms with van der Waals surface area (Å²) in [5, 5.41) is 3.44. The Kier molecular flexibility index (Phi) is 4.95. The summed E-state index contributed by atoms with van der Waals surface area (Å²) in [7, 11) is 1.41. The fourth-order valence-electron chi connectivity index (χ4n) is 2.41. The quantitative estimate of drug-likeness (QED) is 0.868. The number of methoxy groups -OCH3 is 1. The van der Waals surface area contributed by atoms with Gasteiger partial charge in [-0.2, -0.15) is 0 Å². The van der Waals surface area contributed by atoms with E-state index in [0.717, 1.165) is 25.7 Å². The van der Waals surface area contributed by atoms with Gasteiger partial charge >= 0.3 is 5.97 Å². The summed E-state index contributed by atoms with van der Waals surface area (Å²) in [6, 6.07) is 3.32. The molecule has 108 valence electrons. The number of nitrogens with zero attached hydrogens (tertiary/aromatic N) is 1. The van der Waals surface area contributed by atoms with E-state index in [2.05, 4.69) is 10.3 Å². The molecule has 5 nitrogen and oxygen atoms in total. The number of aromatic nitrogens is 1. The number of halogens is 1. The molecule has 1 aromatic rings. The topological polar surface area (TPSA) is 68.3 Å². The number of rotatable bonds is 3. The zero-order valence-electron chi connectivity index (χ0n) is 11.3. The summed E-state index contributed by atoms with van der Waals surface area (Å²) in [5.41, 5.74) is 0.351. The smallest absolute Gasteiger partial charge is 0.308 e. The van der Waals surface area contributed by atoms with Crippen LogP contribution in [-0.4, -0.2) is 30.0 Å². The molecular weight excluding hydrogens is 280 g/mol. The Hall–Kier alpha value is -1.62. The van der Waals surface area contributed by atoms with Gasteiger partial charge in [0.25, 0.3) is 5.91 Å². The highest BCUT2D eigenvalue weighted by molar-refractivity contribution is 6.30. The fourth-order valence-corrected chi connectivity index (χ4v) is 2.52. The highest BCUT2D eigenvalue weighted by atomic mass is 35.5. The van der Waals surface area contributed by atoms with Gasteiger partial charge in [-0.25, -0.2) is 4.98 Å². The van der Waals surface area contributed by atoms with Crippen LogP contribution in [0.25, 0.3) is 0 Å². The maximum atomic E-state index is 12.0. The van der Waals surface area contributed by atoms with Crippen LogP contribution in [0.5, 0.6) is 0 Å². The first-order valence-corrected chi connectivity index (χ1v) is 6.98. The Balaban J connectivity index is 1.85. The first-order valence-electron chi connectivity index (χ1n) is 6.60. The number of nitrogens with one attached hydrogen (secondary N) is 1. The van der Waals surface area contributed by atoms with E-state index in [4.69, 9.17) is 16.3 Å². The zero-order valence-corrected chi connectivity index (χ0v) is 12.0. The molecule has 0 aromatic carbocycles. The largest absolute Gasteiger partial charge is 0.469 e. The van der Waals surface area contributed by atoms with E-state index in [1.165, 1.54) is 13.3 Å². The fraction of sp³-hybridized carbons (Fsp3) is 0.500. The summed E-state index contributed by atoms with van der Waals surface area (Å²) in [5.74, 6) is -0.404. The molecule has 0 unspecified atom stereocenters. The predicted molar refractivity (Wildman–Crippen MR) is 74.5 cm³/mol. The number of esters is 1. The Morgan fingerprint density at radius 2 is 2.00 bits per heavy atom. The number of hydrogen-bond donors (Lipinski definition) is 1. The predicted octanol–water partition coefficient (Wildman–Crippen LogP) is 2.20. The van der Waals surface area contributed by atoms with Crippen molar-refractivity contribution < 1.29 is 14.3 Å². The Morgan fingerprint density at radius 3 is 2.55 bits per heavy atom. The SMILES string of the molecule is COC(=O)C1CCC(NC(=O)c2ccc(Cl)cn2)CC1. The third kappa shape index (κ3) is 3.70. The Labute approximate surface area is 122 Å². The van der Waals surface area contributed by atoms with Crippen LogP contribution in [-0.2, 0) is 9.53 Å². The molecule has 1 fully saturated rings. The van der Waals surface area contributed by atoms with Crippen LogP contribution in [0.3, 0.4) is 0 Å². The average Bonchev–Trinajstić information content (AvgIpc) is 2.48.